The van der Waals surface area contributed by atoms with E-state index in [-0.39, 0.29) is 28.3 Å². The zero-order valence-corrected chi connectivity index (χ0v) is 19.0. The molecule has 3 N–H and O–H groups in total. The van der Waals surface area contributed by atoms with E-state index in [1.54, 1.807) is 6.92 Å². The highest BCUT2D eigenvalue weighted by molar-refractivity contribution is 7.13. The first-order valence-corrected chi connectivity index (χ1v) is 10.6. The molecule has 0 aliphatic rings. The van der Waals surface area contributed by atoms with E-state index < -0.39 is 29.4 Å². The van der Waals surface area contributed by atoms with Gasteiger partial charge in [-0.3, -0.25) is 19.3 Å². The minimum Gasteiger partial charge on any atom is -0.364 e. The molecule has 10 nitrogen and oxygen atoms in total. The molecular formula is C21H15F3N8O2S. The van der Waals surface area contributed by atoms with Gasteiger partial charge in [0.25, 0.3) is 11.8 Å². The van der Waals surface area contributed by atoms with Gasteiger partial charge in [-0.1, -0.05) is 0 Å². The third kappa shape index (κ3) is 4.53. The van der Waals surface area contributed by atoms with Crippen LogP contribution in [0.15, 0.2) is 24.4 Å². The third-order valence-corrected chi connectivity index (χ3v) is 5.93. The van der Waals surface area contributed by atoms with Crippen LogP contribution in [0.5, 0.6) is 0 Å². The number of nitriles is 1. The Hall–Kier alpha value is -4.38. The van der Waals surface area contributed by atoms with Crippen LogP contribution in [0.1, 0.15) is 49.2 Å². The van der Waals surface area contributed by atoms with Crippen LogP contribution >= 0.6 is 11.5 Å². The fourth-order valence-corrected chi connectivity index (χ4v) is 4.17. The van der Waals surface area contributed by atoms with E-state index in [1.807, 2.05) is 6.07 Å². The first kappa shape index (κ1) is 23.8. The standard InChI is InChI=1S/C21H15F3N8O2S/c1-9-15-13(5-14(18(26)33)28-20(15)35-31-9)19(34)29-16-10(2)32(30-17(16)21(22,23)24)8-12-4-3-11(6-25)7-27-12/h3-5,7H,8H2,1-2H3,(H2,26,33)(H,29,34). The first-order valence-electron chi connectivity index (χ1n) is 9.87. The number of anilines is 1. The van der Waals surface area contributed by atoms with Crippen molar-refractivity contribution in [2.45, 2.75) is 26.6 Å². The van der Waals surface area contributed by atoms with Gasteiger partial charge in [-0.05, 0) is 43.6 Å². The van der Waals surface area contributed by atoms with Crippen LogP contribution in [-0.2, 0) is 12.7 Å². The molecule has 2 amide bonds. The predicted molar refractivity (Wildman–Crippen MR) is 119 cm³/mol. The largest absolute Gasteiger partial charge is 0.437 e. The molecule has 0 spiro atoms. The van der Waals surface area contributed by atoms with Gasteiger partial charge in [-0.2, -0.15) is 27.9 Å². The summed E-state index contributed by atoms with van der Waals surface area (Å²) in [7, 11) is 0. The number of rotatable bonds is 5. The number of carbonyl (C=O) groups is 2. The minimum atomic E-state index is -4.87. The summed E-state index contributed by atoms with van der Waals surface area (Å²) < 4.78 is 46.6. The second kappa shape index (κ2) is 8.76. The smallest absolute Gasteiger partial charge is 0.364 e. The van der Waals surface area contributed by atoms with Gasteiger partial charge in [0, 0.05) is 11.6 Å². The van der Waals surface area contributed by atoms with E-state index in [1.165, 1.54) is 25.3 Å². The van der Waals surface area contributed by atoms with E-state index in [4.69, 9.17) is 11.0 Å². The number of amides is 2. The third-order valence-electron chi connectivity index (χ3n) is 5.09. The molecule has 0 radical (unpaired) electrons. The van der Waals surface area contributed by atoms with Gasteiger partial charge in [0.1, 0.15) is 16.6 Å². The lowest BCUT2D eigenvalue weighted by Gasteiger charge is -2.10. The van der Waals surface area contributed by atoms with Crippen molar-refractivity contribution < 1.29 is 22.8 Å². The van der Waals surface area contributed by atoms with Crippen molar-refractivity contribution >= 4 is 39.3 Å². The van der Waals surface area contributed by atoms with Gasteiger partial charge in [-0.15, -0.1) is 0 Å². The van der Waals surface area contributed by atoms with Crippen LogP contribution in [0.2, 0.25) is 0 Å². The number of alkyl halides is 3. The maximum atomic E-state index is 13.8. The number of fused-ring (bicyclic) bond motifs is 1. The van der Waals surface area contributed by atoms with Crippen LogP contribution in [0.3, 0.4) is 0 Å². The van der Waals surface area contributed by atoms with Crippen molar-refractivity contribution in [1.29, 1.82) is 5.26 Å². The highest BCUT2D eigenvalue weighted by atomic mass is 32.1. The van der Waals surface area contributed by atoms with Gasteiger partial charge < -0.3 is 11.1 Å². The number of aryl methyl sites for hydroxylation is 1. The lowest BCUT2D eigenvalue weighted by atomic mass is 10.1. The lowest BCUT2D eigenvalue weighted by molar-refractivity contribution is -0.140. The average molecular weight is 500 g/mol. The number of pyridine rings is 2. The maximum absolute atomic E-state index is 13.8. The Morgan fingerprint density at radius 3 is 2.63 bits per heavy atom. The van der Waals surface area contributed by atoms with Crippen molar-refractivity contribution in [3.63, 3.8) is 0 Å². The fraction of sp³-hybridized carbons (Fsp3) is 0.190. The van der Waals surface area contributed by atoms with Gasteiger partial charge in [0.15, 0.2) is 5.69 Å². The van der Waals surface area contributed by atoms with E-state index in [2.05, 4.69) is 24.8 Å². The summed E-state index contributed by atoms with van der Waals surface area (Å²) in [5, 5.41) is 15.1. The van der Waals surface area contributed by atoms with Crippen molar-refractivity contribution in [1.82, 2.24) is 24.1 Å². The summed E-state index contributed by atoms with van der Waals surface area (Å²) in [4.78, 5) is 33.2. The van der Waals surface area contributed by atoms with E-state index in [9.17, 15) is 22.8 Å². The number of nitrogens with two attached hydrogens (primary N) is 1. The van der Waals surface area contributed by atoms with Gasteiger partial charge in [0.05, 0.1) is 40.4 Å². The van der Waals surface area contributed by atoms with Crippen molar-refractivity contribution in [2.24, 2.45) is 5.73 Å². The summed E-state index contributed by atoms with van der Waals surface area (Å²) in [5.41, 5.74) is 4.26. The van der Waals surface area contributed by atoms with Crippen molar-refractivity contribution in [3.8, 4) is 6.07 Å². The van der Waals surface area contributed by atoms with Crippen molar-refractivity contribution in [2.75, 3.05) is 5.32 Å². The van der Waals surface area contributed by atoms with Crippen molar-refractivity contribution in [3.05, 3.63) is 64.0 Å². The molecule has 0 saturated heterocycles. The Balaban J connectivity index is 1.76. The summed E-state index contributed by atoms with van der Waals surface area (Å²) in [5.74, 6) is -1.81. The highest BCUT2D eigenvalue weighted by Crippen LogP contribution is 2.36. The predicted octanol–water partition coefficient (Wildman–Crippen LogP) is 3.19. The molecule has 14 heteroatoms. The number of nitrogens with one attached hydrogen (secondary N) is 1. The molecule has 0 aliphatic heterocycles. The fourth-order valence-electron chi connectivity index (χ4n) is 3.37. The maximum Gasteiger partial charge on any atom is 0.437 e. The summed E-state index contributed by atoms with van der Waals surface area (Å²) in [6.07, 6.45) is -3.58. The number of hydrogen-bond donors (Lipinski definition) is 2. The number of halogens is 3. The number of primary amides is 1. The van der Waals surface area contributed by atoms with E-state index in [0.717, 1.165) is 22.3 Å². The highest BCUT2D eigenvalue weighted by Gasteiger charge is 2.39. The number of nitrogens with zero attached hydrogens (tertiary/aromatic N) is 6. The molecule has 0 atom stereocenters. The molecule has 0 aliphatic carbocycles. The molecule has 0 saturated carbocycles. The minimum absolute atomic E-state index is 0.0254. The summed E-state index contributed by atoms with van der Waals surface area (Å²) in [6, 6.07) is 6.01. The molecule has 0 fully saturated rings. The van der Waals surface area contributed by atoms with E-state index in [0.29, 0.717) is 22.3 Å². The number of hydrogen-bond acceptors (Lipinski definition) is 8. The lowest BCUT2D eigenvalue weighted by Crippen LogP contribution is -2.19. The normalized spacial score (nSPS) is 11.4. The molecule has 4 heterocycles. The van der Waals surface area contributed by atoms with Gasteiger partial charge in [0.2, 0.25) is 0 Å². The molecular weight excluding hydrogens is 485 g/mol. The van der Waals surface area contributed by atoms with E-state index >= 15 is 0 Å². The Labute approximate surface area is 199 Å². The zero-order chi connectivity index (χ0) is 25.5. The Morgan fingerprint density at radius 1 is 1.29 bits per heavy atom. The van der Waals surface area contributed by atoms with Gasteiger partial charge >= 0.3 is 6.18 Å². The average Bonchev–Trinajstić information content (AvgIpc) is 3.34. The first-order chi connectivity index (χ1) is 16.5. The Kier molecular flexibility index (Phi) is 5.95. The van der Waals surface area contributed by atoms with Crippen LogP contribution in [-0.4, -0.2) is 35.9 Å². The molecule has 0 bridgehead atoms. The monoisotopic (exact) mass is 500 g/mol. The molecule has 35 heavy (non-hydrogen) atoms. The molecule has 178 valence electrons. The molecule has 0 unspecified atom stereocenters. The second-order valence-corrected chi connectivity index (χ2v) is 8.19. The number of carbonyl (C=O) groups excluding carboxylic acids is 2. The van der Waals surface area contributed by atoms with Crippen LogP contribution in [0, 0.1) is 25.2 Å². The van der Waals surface area contributed by atoms with Gasteiger partial charge in [-0.25, -0.2) is 4.98 Å². The molecule has 4 aromatic rings. The number of aromatic nitrogens is 5. The van der Waals surface area contributed by atoms with Crippen LogP contribution in [0.4, 0.5) is 18.9 Å². The quantitative estimate of drug-likeness (QED) is 0.427. The summed E-state index contributed by atoms with van der Waals surface area (Å²) >= 11 is 0.929. The Bertz CT molecular complexity index is 1520. The zero-order valence-electron chi connectivity index (χ0n) is 18.1. The molecule has 4 rings (SSSR count). The topological polar surface area (TPSA) is 152 Å². The van der Waals surface area contributed by atoms with Crippen LogP contribution < -0.4 is 11.1 Å². The molecule has 0 aromatic carbocycles. The SMILES string of the molecule is Cc1nsc2nc(C(N)=O)cc(C(=O)Nc3c(C(F)(F)F)nn(Cc4ccc(C#N)cn4)c3C)c12. The Morgan fingerprint density at radius 2 is 2.03 bits per heavy atom. The second-order valence-electron chi connectivity index (χ2n) is 7.44. The molecule has 4 aromatic heterocycles. The summed E-state index contributed by atoms with van der Waals surface area (Å²) in [6.45, 7) is 2.85. The van der Waals surface area contributed by atoms with Crippen LogP contribution in [0.25, 0.3) is 10.2 Å².